The maximum atomic E-state index is 14.6. The molecule has 5 aromatic rings. The third kappa shape index (κ3) is 11.8. The fourth-order valence-electron chi connectivity index (χ4n) is 5.53. The lowest BCUT2D eigenvalue weighted by atomic mass is 10.2. The fraction of sp³-hybridized carbons (Fsp3) is 0.295. The van der Waals surface area contributed by atoms with Crippen molar-refractivity contribution in [1.82, 2.24) is 4.98 Å². The molecule has 0 saturated heterocycles. The Balaban J connectivity index is 1.61. The quantitative estimate of drug-likeness (QED) is 0.0936. The molecular formula is C44H49NO10S2. The van der Waals surface area contributed by atoms with E-state index >= 15 is 0 Å². The molecule has 0 fully saturated rings. The van der Waals surface area contributed by atoms with Crippen molar-refractivity contribution in [3.63, 3.8) is 0 Å². The largest absolute Gasteiger partial charge is 0.489 e. The molecular weight excluding hydrogens is 767 g/mol. The van der Waals surface area contributed by atoms with Crippen LogP contribution >= 0.6 is 10.3 Å². The highest BCUT2D eigenvalue weighted by Crippen LogP contribution is 2.70. The average molecular weight is 816 g/mol. The summed E-state index contributed by atoms with van der Waals surface area (Å²) in [5.74, 6) is 0.213. The summed E-state index contributed by atoms with van der Waals surface area (Å²) in [4.78, 5) is 30.5. The van der Waals surface area contributed by atoms with Crippen LogP contribution in [0.3, 0.4) is 0 Å². The molecule has 0 saturated carbocycles. The van der Waals surface area contributed by atoms with E-state index < -0.39 is 43.6 Å². The molecule has 0 aliphatic carbocycles. The summed E-state index contributed by atoms with van der Waals surface area (Å²) >= 11 is 0. The highest BCUT2D eigenvalue weighted by Gasteiger charge is 2.39. The lowest BCUT2D eigenvalue weighted by molar-refractivity contribution is -0.158. The van der Waals surface area contributed by atoms with Gasteiger partial charge in [0.15, 0.2) is 13.2 Å². The van der Waals surface area contributed by atoms with Gasteiger partial charge in [0.2, 0.25) is 0 Å². The van der Waals surface area contributed by atoms with Gasteiger partial charge in [-0.15, -0.1) is 0 Å². The Hall–Kier alpha value is -5.37. The first-order valence-electron chi connectivity index (χ1n) is 18.2. The standard InChI is InChI=1S/C44H49NO10S2/c1-31-9-10-32(2)40(27-31)57(48,49)55-56(37-17-11-34(12-18-37)50-28-33-23-25-45-26-24-33,38-19-13-35(14-20-38)51-29-41(46)53-43(3,4)5)39-21-15-36(16-22-39)52-30-42(47)54-44(6,7)8/h9-27H,28-30H2,1-8H3. The molecule has 302 valence electrons. The number of esters is 2. The molecule has 11 nitrogen and oxygen atoms in total. The number of carbonyl (C=O) groups is 2. The molecule has 0 amide bonds. The summed E-state index contributed by atoms with van der Waals surface area (Å²) in [6, 6.07) is 29.5. The van der Waals surface area contributed by atoms with Crippen LogP contribution in [0.1, 0.15) is 58.2 Å². The van der Waals surface area contributed by atoms with Crippen molar-refractivity contribution in [3.8, 4) is 17.2 Å². The van der Waals surface area contributed by atoms with Crippen molar-refractivity contribution in [2.24, 2.45) is 0 Å². The molecule has 0 aliphatic rings. The van der Waals surface area contributed by atoms with Crippen LogP contribution in [0.25, 0.3) is 0 Å². The molecule has 0 bridgehead atoms. The Morgan fingerprint density at radius 3 is 1.42 bits per heavy atom. The molecule has 4 aromatic carbocycles. The summed E-state index contributed by atoms with van der Waals surface area (Å²) in [7, 11) is -7.60. The predicted octanol–water partition coefficient (Wildman–Crippen LogP) is 9.32. The lowest BCUT2D eigenvalue weighted by Gasteiger charge is -2.39. The predicted molar refractivity (Wildman–Crippen MR) is 217 cm³/mol. The summed E-state index contributed by atoms with van der Waals surface area (Å²) in [6.45, 7) is 13.8. The average Bonchev–Trinajstić information content (AvgIpc) is 3.15. The van der Waals surface area contributed by atoms with Gasteiger partial charge in [-0.1, -0.05) is 12.1 Å². The van der Waals surface area contributed by atoms with E-state index in [0.29, 0.717) is 44.1 Å². The lowest BCUT2D eigenvalue weighted by Crippen LogP contribution is -2.27. The molecule has 0 N–H and O–H groups in total. The Kier molecular flexibility index (Phi) is 13.4. The van der Waals surface area contributed by atoms with Crippen LogP contribution in [0.5, 0.6) is 17.2 Å². The maximum absolute atomic E-state index is 14.6. The van der Waals surface area contributed by atoms with Crippen LogP contribution < -0.4 is 14.2 Å². The van der Waals surface area contributed by atoms with Crippen molar-refractivity contribution in [2.45, 2.75) is 92.8 Å². The SMILES string of the molecule is Cc1ccc(C)c(S(=O)(=O)OS(c2ccc(OCC(=O)OC(C)(C)C)cc2)(c2ccc(OCC(=O)OC(C)(C)C)cc2)c2ccc(OCc3ccncc3)cc2)c1. The Bertz CT molecular complexity index is 2170. The summed E-state index contributed by atoms with van der Waals surface area (Å²) in [5, 5.41) is 0. The Morgan fingerprint density at radius 2 is 1.00 bits per heavy atom. The van der Waals surface area contributed by atoms with E-state index in [-0.39, 0.29) is 18.1 Å². The van der Waals surface area contributed by atoms with Gasteiger partial charge in [-0.3, -0.25) is 4.98 Å². The minimum Gasteiger partial charge on any atom is -0.489 e. The second-order valence-electron chi connectivity index (χ2n) is 15.2. The summed E-state index contributed by atoms with van der Waals surface area (Å²) in [5.41, 5.74) is 0.839. The summed E-state index contributed by atoms with van der Waals surface area (Å²) in [6.07, 6.45) is 3.38. The van der Waals surface area contributed by atoms with E-state index in [1.807, 2.05) is 25.1 Å². The monoisotopic (exact) mass is 815 g/mol. The number of carbonyl (C=O) groups excluding carboxylic acids is 2. The molecule has 5 rings (SSSR count). The van der Waals surface area contributed by atoms with Crippen molar-refractivity contribution < 1.29 is 45.3 Å². The third-order valence-electron chi connectivity index (χ3n) is 7.98. The third-order valence-corrected chi connectivity index (χ3v) is 13.3. The Labute approximate surface area is 336 Å². The molecule has 0 aliphatic heterocycles. The molecule has 1 aromatic heterocycles. The van der Waals surface area contributed by atoms with Crippen LogP contribution in [0.4, 0.5) is 0 Å². The van der Waals surface area contributed by atoms with Crippen LogP contribution in [-0.4, -0.2) is 49.8 Å². The van der Waals surface area contributed by atoms with E-state index in [2.05, 4.69) is 4.98 Å². The van der Waals surface area contributed by atoms with Gasteiger partial charge in [-0.25, -0.2) is 13.2 Å². The van der Waals surface area contributed by atoms with Crippen LogP contribution in [-0.2, 0) is 39.4 Å². The number of aromatic nitrogens is 1. The maximum Gasteiger partial charge on any atom is 0.344 e. The molecule has 0 spiro atoms. The van der Waals surface area contributed by atoms with Crippen LogP contribution in [0.2, 0.25) is 0 Å². The van der Waals surface area contributed by atoms with Gasteiger partial charge in [0.25, 0.3) is 0 Å². The number of ether oxygens (including phenoxy) is 5. The number of hydrogen-bond acceptors (Lipinski definition) is 11. The Morgan fingerprint density at radius 1 is 0.579 bits per heavy atom. The molecule has 0 atom stereocenters. The van der Waals surface area contributed by atoms with Gasteiger partial charge < -0.3 is 23.7 Å². The normalized spacial score (nSPS) is 12.4. The zero-order valence-electron chi connectivity index (χ0n) is 33.4. The minimum atomic E-state index is -4.45. The minimum absolute atomic E-state index is 0.0336. The number of rotatable bonds is 15. The molecule has 0 radical (unpaired) electrons. The van der Waals surface area contributed by atoms with Gasteiger partial charge in [-0.05, 0) is 173 Å². The summed E-state index contributed by atoms with van der Waals surface area (Å²) < 4.78 is 64.2. The van der Waals surface area contributed by atoms with Gasteiger partial charge >= 0.3 is 22.1 Å². The van der Waals surface area contributed by atoms with Gasteiger partial charge in [-0.2, -0.15) is 8.42 Å². The van der Waals surface area contributed by atoms with Crippen molar-refractivity contribution in [2.75, 3.05) is 13.2 Å². The first-order valence-corrected chi connectivity index (χ1v) is 21.2. The number of nitrogens with zero attached hydrogens (tertiary/aromatic N) is 1. The molecule has 13 heteroatoms. The molecule has 1 heterocycles. The van der Waals surface area contributed by atoms with Crippen molar-refractivity contribution >= 4 is 32.4 Å². The highest BCUT2D eigenvalue weighted by atomic mass is 32.3. The second kappa shape index (κ2) is 17.8. The van der Waals surface area contributed by atoms with Gasteiger partial charge in [0, 0.05) is 27.1 Å². The van der Waals surface area contributed by atoms with E-state index in [1.54, 1.807) is 146 Å². The van der Waals surface area contributed by atoms with E-state index in [0.717, 1.165) is 11.1 Å². The first kappa shape index (κ1) is 42.8. The van der Waals surface area contributed by atoms with E-state index in [4.69, 9.17) is 27.3 Å². The number of hydrogen-bond donors (Lipinski definition) is 0. The van der Waals surface area contributed by atoms with Crippen LogP contribution in [0.15, 0.2) is 135 Å². The van der Waals surface area contributed by atoms with Gasteiger partial charge in [0.05, 0.1) is 4.90 Å². The number of aryl methyl sites for hydroxylation is 2. The van der Waals surface area contributed by atoms with Crippen molar-refractivity contribution in [1.29, 1.82) is 0 Å². The second-order valence-corrected chi connectivity index (χ2v) is 19.6. The topological polar surface area (TPSA) is 137 Å². The molecule has 0 unspecified atom stereocenters. The van der Waals surface area contributed by atoms with Gasteiger partial charge in [0.1, 0.15) is 35.1 Å². The van der Waals surface area contributed by atoms with E-state index in [9.17, 15) is 18.0 Å². The highest BCUT2D eigenvalue weighted by molar-refractivity contribution is 8.33. The fourth-order valence-corrected chi connectivity index (χ4v) is 11.0. The van der Waals surface area contributed by atoms with Crippen LogP contribution in [0, 0.1) is 13.8 Å². The zero-order valence-corrected chi connectivity index (χ0v) is 35.1. The first-order chi connectivity index (χ1) is 26.8. The smallest absolute Gasteiger partial charge is 0.344 e. The number of pyridine rings is 1. The van der Waals surface area contributed by atoms with E-state index in [1.165, 1.54) is 0 Å². The zero-order chi connectivity index (χ0) is 41.4. The van der Waals surface area contributed by atoms with Crippen molar-refractivity contribution in [3.05, 3.63) is 132 Å². The molecule has 57 heavy (non-hydrogen) atoms. The number of benzene rings is 4.